The highest BCUT2D eigenvalue weighted by Gasteiger charge is 2.15. The Morgan fingerprint density at radius 3 is 1.15 bits per heavy atom. The van der Waals surface area contributed by atoms with Gasteiger partial charge in [-0.3, -0.25) is 9.59 Å². The average Bonchev–Trinajstić information content (AvgIpc) is 3.13. The van der Waals surface area contributed by atoms with E-state index in [0.717, 1.165) is 11.1 Å². The lowest BCUT2D eigenvalue weighted by molar-refractivity contribution is 0.101. The fourth-order valence-electron chi connectivity index (χ4n) is 4.94. The second kappa shape index (κ2) is 14.7. The molecule has 0 saturated heterocycles. The molecule has 0 heterocycles. The van der Waals surface area contributed by atoms with Gasteiger partial charge in [0.15, 0.2) is 0 Å². The molecule has 0 aliphatic carbocycles. The Labute approximate surface area is 278 Å². The van der Waals surface area contributed by atoms with Crippen molar-refractivity contribution in [3.05, 3.63) is 157 Å². The van der Waals surface area contributed by atoms with Gasteiger partial charge in [-0.1, -0.05) is 48.5 Å². The minimum Gasteiger partial charge on any atom is -0.495 e. The highest BCUT2D eigenvalue weighted by Crippen LogP contribution is 2.35. The number of hydrogen-bond acceptors (Lipinski definition) is 6. The molecule has 0 unspecified atom stereocenters. The molecule has 8 nitrogen and oxygen atoms in total. The molecular weight excluding hydrogens is 604 g/mol. The van der Waals surface area contributed by atoms with Crippen LogP contribution < -0.4 is 29.6 Å². The van der Waals surface area contributed by atoms with Crippen LogP contribution in [-0.2, 0) is 0 Å². The van der Waals surface area contributed by atoms with Gasteiger partial charge >= 0.3 is 0 Å². The second-order valence-corrected chi connectivity index (χ2v) is 10.6. The van der Waals surface area contributed by atoms with Crippen molar-refractivity contribution < 1.29 is 28.5 Å². The normalized spacial score (nSPS) is 10.5. The smallest absolute Gasteiger partial charge is 0.255 e. The molecule has 0 aromatic heterocycles. The third-order valence-electron chi connectivity index (χ3n) is 7.42. The summed E-state index contributed by atoms with van der Waals surface area (Å²) in [6.07, 6.45) is 0. The van der Waals surface area contributed by atoms with Gasteiger partial charge < -0.3 is 29.6 Å². The van der Waals surface area contributed by atoms with Crippen LogP contribution in [0.15, 0.2) is 146 Å². The van der Waals surface area contributed by atoms with E-state index >= 15 is 0 Å². The van der Waals surface area contributed by atoms with Crippen molar-refractivity contribution in [2.45, 2.75) is 0 Å². The average molecular weight is 637 g/mol. The first-order valence-corrected chi connectivity index (χ1v) is 15.1. The minimum atomic E-state index is -0.285. The Balaban J connectivity index is 1.11. The van der Waals surface area contributed by atoms with Crippen LogP contribution >= 0.6 is 0 Å². The molecule has 0 saturated carbocycles. The standard InChI is InChI=1S/C40H32N2O6/c1-45-37-25-29(17-23-35(37)41-39(43)27-13-19-33(20-14-27)47-31-9-5-3-6-10-31)30-18-24-36(38(26-30)46-2)42-40(44)28-15-21-34(22-16-28)48-32-11-7-4-8-12-32/h3-26H,1-2H3,(H,41,43)(H,42,44). The first kappa shape index (κ1) is 31.4. The van der Waals surface area contributed by atoms with E-state index in [1.165, 1.54) is 0 Å². The quantitative estimate of drug-likeness (QED) is 0.147. The van der Waals surface area contributed by atoms with Crippen molar-refractivity contribution >= 4 is 23.2 Å². The number of nitrogens with one attached hydrogen (secondary N) is 2. The van der Waals surface area contributed by atoms with Crippen molar-refractivity contribution in [2.24, 2.45) is 0 Å². The number of hydrogen-bond donors (Lipinski definition) is 2. The summed E-state index contributed by atoms with van der Waals surface area (Å²) in [7, 11) is 3.09. The Bertz CT molecular complexity index is 1860. The molecular formula is C40H32N2O6. The Morgan fingerprint density at radius 1 is 0.438 bits per heavy atom. The van der Waals surface area contributed by atoms with E-state index in [1.807, 2.05) is 84.9 Å². The number of carbonyl (C=O) groups is 2. The van der Waals surface area contributed by atoms with Crippen LogP contribution in [0.2, 0.25) is 0 Å². The van der Waals surface area contributed by atoms with E-state index in [2.05, 4.69) is 10.6 Å². The molecule has 6 rings (SSSR count). The van der Waals surface area contributed by atoms with E-state index in [9.17, 15) is 9.59 Å². The van der Waals surface area contributed by atoms with Gasteiger partial charge in [-0.05, 0) is 108 Å². The van der Waals surface area contributed by atoms with Crippen LogP contribution in [0.3, 0.4) is 0 Å². The van der Waals surface area contributed by atoms with E-state index in [1.54, 1.807) is 74.9 Å². The van der Waals surface area contributed by atoms with E-state index in [-0.39, 0.29) is 11.8 Å². The van der Waals surface area contributed by atoms with Gasteiger partial charge in [-0.25, -0.2) is 0 Å². The molecule has 2 N–H and O–H groups in total. The van der Waals surface area contributed by atoms with Crippen molar-refractivity contribution in [3.8, 4) is 45.6 Å². The minimum absolute atomic E-state index is 0.285. The number of para-hydroxylation sites is 2. The van der Waals surface area contributed by atoms with E-state index in [0.29, 0.717) is 57.0 Å². The lowest BCUT2D eigenvalue weighted by Gasteiger charge is -2.15. The maximum absolute atomic E-state index is 13.0. The summed E-state index contributed by atoms with van der Waals surface area (Å²) in [4.78, 5) is 26.1. The monoisotopic (exact) mass is 636 g/mol. The number of benzene rings is 6. The number of methoxy groups -OCH3 is 2. The van der Waals surface area contributed by atoms with Crippen molar-refractivity contribution in [2.75, 3.05) is 24.9 Å². The molecule has 48 heavy (non-hydrogen) atoms. The Kier molecular flexibility index (Phi) is 9.63. The van der Waals surface area contributed by atoms with Crippen LogP contribution in [-0.4, -0.2) is 26.0 Å². The summed E-state index contributed by atoms with van der Waals surface area (Å²) in [5, 5.41) is 5.85. The Hall–Kier alpha value is -6.54. The van der Waals surface area contributed by atoms with Gasteiger partial charge in [0, 0.05) is 11.1 Å². The van der Waals surface area contributed by atoms with Gasteiger partial charge in [0.05, 0.1) is 25.6 Å². The fraction of sp³-hybridized carbons (Fsp3) is 0.0500. The number of amides is 2. The zero-order valence-corrected chi connectivity index (χ0v) is 26.3. The molecule has 8 heteroatoms. The number of rotatable bonds is 11. The van der Waals surface area contributed by atoms with E-state index in [4.69, 9.17) is 18.9 Å². The topological polar surface area (TPSA) is 95.1 Å². The van der Waals surface area contributed by atoms with Crippen molar-refractivity contribution in [1.29, 1.82) is 0 Å². The number of ether oxygens (including phenoxy) is 4. The SMILES string of the molecule is COc1cc(-c2ccc(NC(=O)c3ccc(Oc4ccccc4)cc3)c(OC)c2)ccc1NC(=O)c1ccc(Oc2ccccc2)cc1. The maximum atomic E-state index is 13.0. The Morgan fingerprint density at radius 2 is 0.792 bits per heavy atom. The third-order valence-corrected chi connectivity index (χ3v) is 7.42. The van der Waals surface area contributed by atoms with Crippen LogP contribution in [0.25, 0.3) is 11.1 Å². The molecule has 0 spiro atoms. The zero-order valence-electron chi connectivity index (χ0n) is 26.3. The van der Waals surface area contributed by atoms with Crippen LogP contribution in [0.5, 0.6) is 34.5 Å². The van der Waals surface area contributed by atoms with Crippen LogP contribution in [0.4, 0.5) is 11.4 Å². The lowest BCUT2D eigenvalue weighted by Crippen LogP contribution is -2.12. The molecule has 0 radical (unpaired) electrons. The molecule has 238 valence electrons. The van der Waals surface area contributed by atoms with Crippen LogP contribution in [0.1, 0.15) is 20.7 Å². The molecule has 0 bridgehead atoms. The van der Waals surface area contributed by atoms with Gasteiger partial charge in [-0.2, -0.15) is 0 Å². The summed E-state index contributed by atoms with van der Waals surface area (Å²) in [5.41, 5.74) is 3.65. The van der Waals surface area contributed by atoms with Gasteiger partial charge in [0.25, 0.3) is 11.8 Å². The highest BCUT2D eigenvalue weighted by molar-refractivity contribution is 6.06. The molecule has 6 aromatic carbocycles. The zero-order chi connectivity index (χ0) is 33.3. The molecule has 0 aliphatic heterocycles. The summed E-state index contributed by atoms with van der Waals surface area (Å²) < 4.78 is 22.9. The summed E-state index contributed by atoms with van der Waals surface area (Å²) in [6.45, 7) is 0. The number of carbonyl (C=O) groups excluding carboxylic acids is 2. The molecule has 0 atom stereocenters. The predicted octanol–water partition coefficient (Wildman–Crippen LogP) is 9.46. The molecule has 2 amide bonds. The fourth-order valence-corrected chi connectivity index (χ4v) is 4.94. The van der Waals surface area contributed by atoms with Crippen molar-refractivity contribution in [3.63, 3.8) is 0 Å². The van der Waals surface area contributed by atoms with Gasteiger partial charge in [-0.15, -0.1) is 0 Å². The van der Waals surface area contributed by atoms with E-state index < -0.39 is 0 Å². The molecule has 6 aromatic rings. The largest absolute Gasteiger partial charge is 0.495 e. The lowest BCUT2D eigenvalue weighted by atomic mass is 10.0. The summed E-state index contributed by atoms with van der Waals surface area (Å²) in [5.74, 6) is 3.09. The van der Waals surface area contributed by atoms with Crippen LogP contribution in [0, 0.1) is 0 Å². The summed E-state index contributed by atoms with van der Waals surface area (Å²) in [6, 6.07) is 43.7. The summed E-state index contributed by atoms with van der Waals surface area (Å²) >= 11 is 0. The second-order valence-electron chi connectivity index (χ2n) is 10.6. The maximum Gasteiger partial charge on any atom is 0.255 e. The van der Waals surface area contributed by atoms with Gasteiger partial charge in [0.1, 0.15) is 34.5 Å². The third kappa shape index (κ3) is 7.63. The predicted molar refractivity (Wildman–Crippen MR) is 187 cm³/mol. The number of anilines is 2. The van der Waals surface area contributed by atoms with Gasteiger partial charge in [0.2, 0.25) is 0 Å². The molecule has 0 aliphatic rings. The first-order chi connectivity index (χ1) is 23.5. The first-order valence-electron chi connectivity index (χ1n) is 15.1. The highest BCUT2D eigenvalue weighted by atomic mass is 16.5. The van der Waals surface area contributed by atoms with Crippen molar-refractivity contribution in [1.82, 2.24) is 0 Å². The molecule has 0 fully saturated rings.